The Morgan fingerprint density at radius 3 is 2.59 bits per heavy atom. The largest absolute Gasteiger partial charge is 0.490 e. The topological polar surface area (TPSA) is 72.9 Å². The number of allylic oxidation sites excluding steroid dienone is 2. The van der Waals surface area contributed by atoms with Crippen LogP contribution in [-0.2, 0) is 22.3 Å². The van der Waals surface area contributed by atoms with Crippen molar-refractivity contribution >= 4 is 0 Å². The Hall–Kier alpha value is -2.63. The van der Waals surface area contributed by atoms with E-state index >= 15 is 0 Å². The summed E-state index contributed by atoms with van der Waals surface area (Å²) in [6.07, 6.45) is 6.35. The van der Waals surface area contributed by atoms with Gasteiger partial charge in [-0.15, -0.1) is 10.2 Å². The van der Waals surface area contributed by atoms with Crippen LogP contribution in [0.4, 0.5) is 0 Å². The van der Waals surface area contributed by atoms with Crippen molar-refractivity contribution in [2.24, 2.45) is 0 Å². The zero-order valence-electron chi connectivity index (χ0n) is 16.2. The Morgan fingerprint density at radius 2 is 1.93 bits per heavy atom. The SMILES string of the molecule is C=C(CCc1ccc(CCCCC)cc1)C1=C(C)OCC(c2nn[nH]n2)O1. The van der Waals surface area contributed by atoms with E-state index in [-0.39, 0.29) is 6.10 Å². The number of nitrogens with zero attached hydrogens (tertiary/aromatic N) is 3. The molecule has 144 valence electrons. The molecule has 0 fully saturated rings. The highest BCUT2D eigenvalue weighted by Gasteiger charge is 2.27. The molecule has 1 N–H and O–H groups in total. The van der Waals surface area contributed by atoms with Crippen LogP contribution in [0.25, 0.3) is 0 Å². The van der Waals surface area contributed by atoms with Gasteiger partial charge >= 0.3 is 0 Å². The Balaban J connectivity index is 1.53. The first kappa shape index (κ1) is 19.1. The number of aryl methyl sites for hydroxylation is 2. The van der Waals surface area contributed by atoms with Gasteiger partial charge in [0.05, 0.1) is 0 Å². The molecular weight excluding hydrogens is 340 g/mol. The van der Waals surface area contributed by atoms with Crippen molar-refractivity contribution < 1.29 is 9.47 Å². The lowest BCUT2D eigenvalue weighted by molar-refractivity contribution is -0.00493. The highest BCUT2D eigenvalue weighted by molar-refractivity contribution is 5.29. The second-order valence-corrected chi connectivity index (χ2v) is 6.95. The molecule has 0 saturated carbocycles. The average Bonchev–Trinajstić information content (AvgIpc) is 3.22. The number of nitrogens with one attached hydrogen (secondary N) is 1. The van der Waals surface area contributed by atoms with Gasteiger partial charge in [-0.25, -0.2) is 0 Å². The lowest BCUT2D eigenvalue weighted by atomic mass is 10.0. The number of rotatable bonds is 9. The van der Waals surface area contributed by atoms with Crippen LogP contribution in [0.1, 0.15) is 62.6 Å². The molecular formula is C21H28N4O2. The molecule has 2 heterocycles. The molecule has 1 aliphatic heterocycles. The van der Waals surface area contributed by atoms with Crippen molar-refractivity contribution in [1.82, 2.24) is 20.6 Å². The van der Waals surface area contributed by atoms with Crippen LogP contribution in [0.3, 0.4) is 0 Å². The van der Waals surface area contributed by atoms with Crippen molar-refractivity contribution in [3.05, 3.63) is 64.9 Å². The summed E-state index contributed by atoms with van der Waals surface area (Å²) < 4.78 is 11.8. The van der Waals surface area contributed by atoms with Crippen molar-refractivity contribution in [2.75, 3.05) is 6.61 Å². The summed E-state index contributed by atoms with van der Waals surface area (Å²) in [5.74, 6) is 1.95. The maximum Gasteiger partial charge on any atom is 0.218 e. The number of hydrogen-bond acceptors (Lipinski definition) is 5. The summed E-state index contributed by atoms with van der Waals surface area (Å²) in [5, 5.41) is 14.0. The van der Waals surface area contributed by atoms with Gasteiger partial charge in [0.2, 0.25) is 5.82 Å². The van der Waals surface area contributed by atoms with E-state index in [1.165, 1.54) is 30.4 Å². The number of aromatic amines is 1. The molecule has 0 aliphatic carbocycles. The third-order valence-electron chi connectivity index (χ3n) is 4.81. The highest BCUT2D eigenvalue weighted by atomic mass is 16.6. The van der Waals surface area contributed by atoms with Crippen molar-refractivity contribution in [3.63, 3.8) is 0 Å². The van der Waals surface area contributed by atoms with E-state index in [0.29, 0.717) is 18.2 Å². The summed E-state index contributed by atoms with van der Waals surface area (Å²) in [4.78, 5) is 0. The fraction of sp³-hybridized carbons (Fsp3) is 0.476. The first-order valence-corrected chi connectivity index (χ1v) is 9.67. The van der Waals surface area contributed by atoms with Gasteiger partial charge in [-0.05, 0) is 49.3 Å². The lowest BCUT2D eigenvalue weighted by Gasteiger charge is -2.27. The lowest BCUT2D eigenvalue weighted by Crippen LogP contribution is -2.20. The molecule has 3 rings (SSSR count). The monoisotopic (exact) mass is 368 g/mol. The number of aromatic nitrogens is 4. The van der Waals surface area contributed by atoms with Crippen LogP contribution in [0.15, 0.2) is 47.9 Å². The minimum absolute atomic E-state index is 0.360. The molecule has 0 saturated heterocycles. The van der Waals surface area contributed by atoms with Gasteiger partial charge in [-0.2, -0.15) is 5.21 Å². The summed E-state index contributed by atoms with van der Waals surface area (Å²) in [5.41, 5.74) is 3.64. The van der Waals surface area contributed by atoms with Crippen LogP contribution in [0, 0.1) is 0 Å². The molecule has 1 aliphatic rings. The first-order valence-electron chi connectivity index (χ1n) is 9.67. The maximum absolute atomic E-state index is 6.04. The average molecular weight is 368 g/mol. The zero-order valence-corrected chi connectivity index (χ0v) is 16.2. The van der Waals surface area contributed by atoms with Gasteiger partial charge in [-0.3, -0.25) is 0 Å². The second kappa shape index (κ2) is 9.35. The fourth-order valence-electron chi connectivity index (χ4n) is 3.15. The number of benzene rings is 1. The van der Waals surface area contributed by atoms with E-state index in [9.17, 15) is 0 Å². The van der Waals surface area contributed by atoms with Crippen LogP contribution in [0.2, 0.25) is 0 Å². The molecule has 1 aromatic heterocycles. The number of hydrogen-bond donors (Lipinski definition) is 1. The molecule has 1 aromatic carbocycles. The molecule has 1 atom stereocenters. The molecule has 0 bridgehead atoms. The predicted molar refractivity (Wildman–Crippen MR) is 104 cm³/mol. The minimum Gasteiger partial charge on any atom is -0.490 e. The molecule has 1 unspecified atom stereocenters. The first-order chi connectivity index (χ1) is 13.2. The normalized spacial score (nSPS) is 16.7. The molecule has 2 aromatic rings. The summed E-state index contributed by atoms with van der Waals surface area (Å²) in [6, 6.07) is 8.92. The van der Waals surface area contributed by atoms with E-state index in [4.69, 9.17) is 9.47 Å². The molecule has 0 spiro atoms. The van der Waals surface area contributed by atoms with Crippen molar-refractivity contribution in [3.8, 4) is 0 Å². The number of H-pyrrole nitrogens is 1. The standard InChI is InChI=1S/C21H28N4O2/c1-4-5-6-7-17-10-12-18(13-11-17)9-8-15(2)20-16(3)26-14-19(27-20)21-22-24-25-23-21/h10-13,19H,2,4-9,14H2,1,3H3,(H,22,23,24,25). The van der Waals surface area contributed by atoms with E-state index in [0.717, 1.165) is 30.6 Å². The molecule has 0 amide bonds. The third-order valence-corrected chi connectivity index (χ3v) is 4.81. The van der Waals surface area contributed by atoms with Crippen molar-refractivity contribution in [1.29, 1.82) is 0 Å². The van der Waals surface area contributed by atoms with Gasteiger partial charge < -0.3 is 9.47 Å². The quantitative estimate of drug-likeness (QED) is 0.662. The number of ether oxygens (including phenoxy) is 2. The minimum atomic E-state index is -0.360. The molecule has 27 heavy (non-hydrogen) atoms. The number of unbranched alkanes of at least 4 members (excludes halogenated alkanes) is 2. The van der Waals surface area contributed by atoms with Gasteiger partial charge in [0, 0.05) is 0 Å². The van der Waals surface area contributed by atoms with E-state index in [2.05, 4.69) is 58.4 Å². The second-order valence-electron chi connectivity index (χ2n) is 6.95. The zero-order chi connectivity index (χ0) is 19.1. The summed E-state index contributed by atoms with van der Waals surface area (Å²) >= 11 is 0. The summed E-state index contributed by atoms with van der Waals surface area (Å²) in [6.45, 7) is 8.71. The summed E-state index contributed by atoms with van der Waals surface area (Å²) in [7, 11) is 0. The predicted octanol–water partition coefficient (Wildman–Crippen LogP) is 4.44. The third kappa shape index (κ3) is 5.18. The van der Waals surface area contributed by atoms with Crippen molar-refractivity contribution in [2.45, 2.75) is 58.5 Å². The van der Waals surface area contributed by atoms with Crippen LogP contribution in [-0.4, -0.2) is 27.2 Å². The highest BCUT2D eigenvalue weighted by Crippen LogP contribution is 2.31. The Bertz CT molecular complexity index is 766. The van der Waals surface area contributed by atoms with Gasteiger partial charge in [0.15, 0.2) is 11.9 Å². The van der Waals surface area contributed by atoms with Crippen LogP contribution < -0.4 is 0 Å². The molecule has 6 heteroatoms. The Morgan fingerprint density at radius 1 is 1.19 bits per heavy atom. The van der Waals surface area contributed by atoms with E-state index in [1.807, 2.05) is 6.92 Å². The Kier molecular flexibility index (Phi) is 6.63. The smallest absolute Gasteiger partial charge is 0.218 e. The van der Waals surface area contributed by atoms with Gasteiger partial charge in [0.1, 0.15) is 12.4 Å². The van der Waals surface area contributed by atoms with Crippen LogP contribution >= 0.6 is 0 Å². The number of tetrazole rings is 1. The Labute approximate surface area is 160 Å². The fourth-order valence-corrected chi connectivity index (χ4v) is 3.15. The molecule has 0 radical (unpaired) electrons. The van der Waals surface area contributed by atoms with Gasteiger partial charge in [-0.1, -0.05) is 55.8 Å². The van der Waals surface area contributed by atoms with E-state index < -0.39 is 0 Å². The maximum atomic E-state index is 6.04. The van der Waals surface area contributed by atoms with E-state index in [1.54, 1.807) is 0 Å². The van der Waals surface area contributed by atoms with Gasteiger partial charge in [0.25, 0.3) is 0 Å². The van der Waals surface area contributed by atoms with Crippen LogP contribution in [0.5, 0.6) is 0 Å². The molecule has 6 nitrogen and oxygen atoms in total.